The van der Waals surface area contributed by atoms with Gasteiger partial charge in [0, 0.05) is 25.1 Å². The number of likely N-dealkylation sites (N-methyl/N-ethyl adjacent to an activating group) is 1. The molecule has 0 spiro atoms. The van der Waals surface area contributed by atoms with Gasteiger partial charge in [-0.05, 0) is 37.8 Å². The van der Waals surface area contributed by atoms with Crippen LogP contribution >= 0.6 is 11.8 Å². The van der Waals surface area contributed by atoms with Crippen molar-refractivity contribution in [2.75, 3.05) is 12.8 Å². The second-order valence-electron chi connectivity index (χ2n) is 7.58. The second-order valence-corrected chi connectivity index (χ2v) is 9.08. The van der Waals surface area contributed by atoms with Crippen LogP contribution in [0.5, 0.6) is 0 Å². The van der Waals surface area contributed by atoms with Crippen LogP contribution < -0.4 is 0 Å². The lowest BCUT2D eigenvalue weighted by atomic mass is 10.2. The van der Waals surface area contributed by atoms with Crippen molar-refractivity contribution < 1.29 is 14.0 Å². The van der Waals surface area contributed by atoms with Gasteiger partial charge in [-0.15, -0.1) is 11.8 Å². The van der Waals surface area contributed by atoms with Crippen LogP contribution in [0.25, 0.3) is 0 Å². The number of carbonyl (C=O) groups excluding carboxylic acids is 2. The number of carbonyl (C=O) groups is 2. The zero-order chi connectivity index (χ0) is 17.1. The summed E-state index contributed by atoms with van der Waals surface area (Å²) >= 11 is 1.73. The predicted molar refractivity (Wildman–Crippen MR) is 92.4 cm³/mol. The van der Waals surface area contributed by atoms with Crippen LogP contribution in [-0.4, -0.2) is 45.3 Å². The van der Waals surface area contributed by atoms with E-state index in [4.69, 9.17) is 4.42 Å². The van der Waals surface area contributed by atoms with E-state index < -0.39 is 0 Å². The number of fused-ring (bicyclic) bond motifs is 1. The molecule has 2 aliphatic heterocycles. The molecular formula is C18H24N2O3S. The van der Waals surface area contributed by atoms with Gasteiger partial charge in [0.2, 0.25) is 11.8 Å². The highest BCUT2D eigenvalue weighted by Crippen LogP contribution is 2.48. The van der Waals surface area contributed by atoms with Crippen molar-refractivity contribution >= 4 is 23.6 Å². The van der Waals surface area contributed by atoms with Crippen LogP contribution in [-0.2, 0) is 16.1 Å². The summed E-state index contributed by atoms with van der Waals surface area (Å²) in [6.07, 6.45) is 2.58. The van der Waals surface area contributed by atoms with E-state index in [0.717, 1.165) is 17.9 Å². The molecule has 0 aromatic carbocycles. The lowest BCUT2D eigenvalue weighted by Gasteiger charge is -2.31. The fraction of sp³-hybridized carbons (Fsp3) is 0.667. The summed E-state index contributed by atoms with van der Waals surface area (Å²) in [6, 6.07) is 3.67. The molecule has 4 atom stereocenters. The predicted octanol–water partition coefficient (Wildman–Crippen LogP) is 2.82. The van der Waals surface area contributed by atoms with E-state index in [1.54, 1.807) is 23.7 Å². The third-order valence-electron chi connectivity index (χ3n) is 5.66. The van der Waals surface area contributed by atoms with E-state index in [9.17, 15) is 9.59 Å². The first kappa shape index (κ1) is 16.1. The molecule has 2 saturated heterocycles. The smallest absolute Gasteiger partial charge is 0.246 e. The lowest BCUT2D eigenvalue weighted by Crippen LogP contribution is -2.50. The summed E-state index contributed by atoms with van der Waals surface area (Å²) in [5.41, 5.74) is 0. The number of thioether (sulfide) groups is 1. The number of hydrogen-bond acceptors (Lipinski definition) is 4. The van der Waals surface area contributed by atoms with Gasteiger partial charge in [0.25, 0.3) is 0 Å². The molecule has 24 heavy (non-hydrogen) atoms. The maximum absolute atomic E-state index is 12.9. The standard InChI is InChI=1S/C18H24N2O3S/c1-11-8-13(11)15-5-4-12(23-15)9-19(3)17(22)14-10-24-18(2)7-6-16(21)20(14)18/h4-5,11,13-14H,6-10H2,1-3H3/t11-,13+,14+,18-/m1/s1. The van der Waals surface area contributed by atoms with E-state index in [-0.39, 0.29) is 22.7 Å². The zero-order valence-corrected chi connectivity index (χ0v) is 15.3. The monoisotopic (exact) mass is 348 g/mol. The topological polar surface area (TPSA) is 53.8 Å². The Bertz CT molecular complexity index is 688. The number of rotatable bonds is 4. The minimum atomic E-state index is -0.335. The highest BCUT2D eigenvalue weighted by atomic mass is 32.2. The van der Waals surface area contributed by atoms with Crippen molar-refractivity contribution in [1.29, 1.82) is 0 Å². The molecule has 5 nitrogen and oxygen atoms in total. The number of nitrogens with zero attached hydrogens (tertiary/aromatic N) is 2. The summed E-state index contributed by atoms with van der Waals surface area (Å²) in [5, 5.41) is 0. The normalized spacial score (nSPS) is 34.5. The molecule has 6 heteroatoms. The van der Waals surface area contributed by atoms with Crippen LogP contribution in [0, 0.1) is 5.92 Å². The first-order valence-corrected chi connectivity index (χ1v) is 9.67. The van der Waals surface area contributed by atoms with E-state index in [0.29, 0.717) is 30.6 Å². The van der Waals surface area contributed by atoms with E-state index in [2.05, 4.69) is 13.8 Å². The van der Waals surface area contributed by atoms with Crippen LogP contribution in [0.2, 0.25) is 0 Å². The Morgan fingerprint density at radius 3 is 2.96 bits per heavy atom. The molecule has 0 bridgehead atoms. The number of amides is 2. The SMILES string of the molecule is C[C@@H]1C[C@@H]1c1ccc(CN(C)C(=O)[C@@H]2CS[C@]3(C)CCC(=O)N23)o1. The van der Waals surface area contributed by atoms with Crippen LogP contribution in [0.4, 0.5) is 0 Å². The minimum absolute atomic E-state index is 0.0132. The molecule has 0 unspecified atom stereocenters. The average molecular weight is 348 g/mol. The van der Waals surface area contributed by atoms with E-state index in [1.165, 1.54) is 6.42 Å². The molecule has 130 valence electrons. The average Bonchev–Trinajstić information content (AvgIpc) is 2.89. The Balaban J connectivity index is 1.43. The van der Waals surface area contributed by atoms with Crippen molar-refractivity contribution in [2.24, 2.45) is 5.92 Å². The largest absolute Gasteiger partial charge is 0.464 e. The molecule has 4 rings (SSSR count). The van der Waals surface area contributed by atoms with Gasteiger partial charge < -0.3 is 14.2 Å². The summed E-state index contributed by atoms with van der Waals surface area (Å²) in [6.45, 7) is 4.76. The fourth-order valence-electron chi connectivity index (χ4n) is 3.97. The van der Waals surface area contributed by atoms with Crippen LogP contribution in [0.3, 0.4) is 0 Å². The summed E-state index contributed by atoms with van der Waals surface area (Å²) < 4.78 is 5.91. The van der Waals surface area contributed by atoms with Gasteiger partial charge in [0.1, 0.15) is 17.6 Å². The van der Waals surface area contributed by atoms with Crippen molar-refractivity contribution in [2.45, 2.75) is 56.5 Å². The maximum Gasteiger partial charge on any atom is 0.246 e. The molecule has 1 aliphatic carbocycles. The van der Waals surface area contributed by atoms with Gasteiger partial charge >= 0.3 is 0 Å². The molecule has 1 aromatic heterocycles. The van der Waals surface area contributed by atoms with Crippen LogP contribution in [0.1, 0.15) is 50.5 Å². The maximum atomic E-state index is 12.9. The number of furan rings is 1. The zero-order valence-electron chi connectivity index (χ0n) is 14.4. The first-order valence-electron chi connectivity index (χ1n) is 8.69. The molecule has 1 aromatic rings. The number of hydrogen-bond donors (Lipinski definition) is 0. The molecule has 3 fully saturated rings. The molecule has 0 radical (unpaired) electrons. The third-order valence-corrected chi connectivity index (χ3v) is 7.16. The van der Waals surface area contributed by atoms with Crippen molar-refractivity contribution in [3.63, 3.8) is 0 Å². The van der Waals surface area contributed by atoms with Gasteiger partial charge in [-0.1, -0.05) is 6.92 Å². The highest BCUT2D eigenvalue weighted by molar-refractivity contribution is 8.01. The van der Waals surface area contributed by atoms with Crippen LogP contribution in [0.15, 0.2) is 16.5 Å². The molecule has 1 saturated carbocycles. The van der Waals surface area contributed by atoms with E-state index >= 15 is 0 Å². The molecule has 3 heterocycles. The Kier molecular flexibility index (Phi) is 3.71. The molecule has 0 N–H and O–H groups in total. The third kappa shape index (κ3) is 2.55. The Labute approximate surface area is 146 Å². The Morgan fingerprint density at radius 1 is 1.50 bits per heavy atom. The van der Waals surface area contributed by atoms with Gasteiger partial charge in [0.15, 0.2) is 0 Å². The summed E-state index contributed by atoms with van der Waals surface area (Å²) in [5.74, 6) is 3.93. The molecule has 2 amide bonds. The fourth-order valence-corrected chi connectivity index (χ4v) is 5.39. The van der Waals surface area contributed by atoms with Gasteiger partial charge in [-0.3, -0.25) is 9.59 Å². The van der Waals surface area contributed by atoms with Crippen molar-refractivity contribution in [3.05, 3.63) is 23.7 Å². The van der Waals surface area contributed by atoms with Crippen molar-refractivity contribution in [3.8, 4) is 0 Å². The molecule has 3 aliphatic rings. The van der Waals surface area contributed by atoms with Gasteiger partial charge in [0.05, 0.1) is 11.4 Å². The quantitative estimate of drug-likeness (QED) is 0.840. The summed E-state index contributed by atoms with van der Waals surface area (Å²) in [7, 11) is 1.80. The summed E-state index contributed by atoms with van der Waals surface area (Å²) in [4.78, 5) is 28.4. The van der Waals surface area contributed by atoms with Gasteiger partial charge in [-0.2, -0.15) is 0 Å². The Hall–Kier alpha value is -1.43. The van der Waals surface area contributed by atoms with Crippen molar-refractivity contribution in [1.82, 2.24) is 9.80 Å². The first-order chi connectivity index (χ1) is 11.4. The van der Waals surface area contributed by atoms with Gasteiger partial charge in [-0.25, -0.2) is 0 Å². The molecular weight excluding hydrogens is 324 g/mol. The Morgan fingerprint density at radius 2 is 2.25 bits per heavy atom. The lowest BCUT2D eigenvalue weighted by molar-refractivity contribution is -0.143. The second kappa shape index (κ2) is 5.55. The minimum Gasteiger partial charge on any atom is -0.464 e. The van der Waals surface area contributed by atoms with E-state index in [1.807, 2.05) is 17.0 Å². The highest BCUT2D eigenvalue weighted by Gasteiger charge is 2.53.